The Kier molecular flexibility index (Phi) is 4.57. The molecule has 1 aliphatic carbocycles. The number of carbonyl (C=O) groups excluding carboxylic acids is 3. The van der Waals surface area contributed by atoms with Crippen molar-refractivity contribution >= 4 is 40.5 Å². The number of imide groups is 2. The standard InChI is InChI=1S/C20H21N3O3S2/c24-18-19(25)23(13-4-1-2-5-13)20(26)22(18)12-21-9-7-15-14(8-11-28-15)17(21)16-6-3-10-27-16/h3,6,8,10-11,13,17H,1-2,4-5,7,9,12H2/p+1/t17-/m1/s1. The number of urea groups is 1. The Morgan fingerprint density at radius 2 is 1.86 bits per heavy atom. The first-order valence-corrected chi connectivity index (χ1v) is 11.5. The molecule has 1 saturated carbocycles. The van der Waals surface area contributed by atoms with Crippen LogP contribution in [0.2, 0.25) is 0 Å². The molecule has 0 bridgehead atoms. The fourth-order valence-electron chi connectivity index (χ4n) is 4.78. The molecule has 1 saturated heterocycles. The molecule has 0 spiro atoms. The van der Waals surface area contributed by atoms with Gasteiger partial charge in [-0.25, -0.2) is 9.69 Å². The third kappa shape index (κ3) is 2.82. The zero-order valence-corrected chi connectivity index (χ0v) is 17.1. The summed E-state index contributed by atoms with van der Waals surface area (Å²) in [6, 6.07) is 5.89. The van der Waals surface area contributed by atoms with E-state index < -0.39 is 17.8 Å². The molecule has 8 heteroatoms. The van der Waals surface area contributed by atoms with E-state index in [9.17, 15) is 14.4 Å². The van der Waals surface area contributed by atoms with Crippen molar-refractivity contribution in [1.29, 1.82) is 0 Å². The van der Waals surface area contributed by atoms with E-state index in [-0.39, 0.29) is 18.8 Å². The fourth-order valence-corrected chi connectivity index (χ4v) is 6.60. The number of fused-ring (bicyclic) bond motifs is 1. The highest BCUT2D eigenvalue weighted by molar-refractivity contribution is 7.10. The average molecular weight is 417 g/mol. The number of rotatable bonds is 4. The third-order valence-corrected chi connectivity index (χ3v) is 8.07. The Morgan fingerprint density at radius 1 is 1.04 bits per heavy atom. The Bertz CT molecular complexity index is 917. The first kappa shape index (κ1) is 18.0. The predicted octanol–water partition coefficient (Wildman–Crippen LogP) is 2.03. The summed E-state index contributed by atoms with van der Waals surface area (Å²) in [5, 5.41) is 4.18. The van der Waals surface area contributed by atoms with Crippen molar-refractivity contribution in [2.75, 3.05) is 13.2 Å². The second-order valence-electron chi connectivity index (χ2n) is 7.69. The van der Waals surface area contributed by atoms with Crippen molar-refractivity contribution in [3.63, 3.8) is 0 Å². The van der Waals surface area contributed by atoms with Crippen molar-refractivity contribution < 1.29 is 19.3 Å². The predicted molar refractivity (Wildman–Crippen MR) is 106 cm³/mol. The molecule has 2 fully saturated rings. The van der Waals surface area contributed by atoms with Crippen LogP contribution in [-0.2, 0) is 16.0 Å². The molecule has 4 amide bonds. The van der Waals surface area contributed by atoms with E-state index in [1.807, 2.05) is 6.07 Å². The topological polar surface area (TPSA) is 62.1 Å². The van der Waals surface area contributed by atoms with Crippen LogP contribution in [0.4, 0.5) is 4.79 Å². The molecule has 6 nitrogen and oxygen atoms in total. The Balaban J connectivity index is 1.42. The second kappa shape index (κ2) is 7.09. The maximum absolute atomic E-state index is 13.0. The highest BCUT2D eigenvalue weighted by Crippen LogP contribution is 2.32. The summed E-state index contributed by atoms with van der Waals surface area (Å²) >= 11 is 3.47. The van der Waals surface area contributed by atoms with Gasteiger partial charge in [0.05, 0.1) is 11.4 Å². The Morgan fingerprint density at radius 3 is 2.61 bits per heavy atom. The van der Waals surface area contributed by atoms with Crippen LogP contribution >= 0.6 is 22.7 Å². The van der Waals surface area contributed by atoms with Gasteiger partial charge in [0, 0.05) is 22.9 Å². The van der Waals surface area contributed by atoms with E-state index in [4.69, 9.17) is 0 Å². The molecule has 1 N–H and O–H groups in total. The van der Waals surface area contributed by atoms with Gasteiger partial charge >= 0.3 is 17.8 Å². The molecule has 0 radical (unpaired) electrons. The van der Waals surface area contributed by atoms with Crippen LogP contribution in [0.5, 0.6) is 0 Å². The van der Waals surface area contributed by atoms with Gasteiger partial charge in [0.15, 0.2) is 12.7 Å². The van der Waals surface area contributed by atoms with Crippen LogP contribution in [0, 0.1) is 0 Å². The molecule has 4 heterocycles. The molecular formula is C20H22N3O3S2+. The Hall–Kier alpha value is -2.03. The number of thiophene rings is 2. The number of carbonyl (C=O) groups is 3. The lowest BCUT2D eigenvalue weighted by Crippen LogP contribution is -3.15. The van der Waals surface area contributed by atoms with E-state index in [0.717, 1.165) is 43.5 Å². The molecule has 1 unspecified atom stereocenters. The van der Waals surface area contributed by atoms with E-state index >= 15 is 0 Å². The summed E-state index contributed by atoms with van der Waals surface area (Å²) < 4.78 is 0. The zero-order chi connectivity index (χ0) is 19.3. The van der Waals surface area contributed by atoms with Crippen LogP contribution in [-0.4, -0.2) is 46.9 Å². The van der Waals surface area contributed by atoms with Crippen LogP contribution in [0.1, 0.15) is 47.0 Å². The van der Waals surface area contributed by atoms with E-state index in [1.165, 1.54) is 25.1 Å². The first-order chi connectivity index (χ1) is 13.6. The molecular weight excluding hydrogens is 394 g/mol. The molecule has 2 aliphatic heterocycles. The second-order valence-corrected chi connectivity index (χ2v) is 9.67. The average Bonchev–Trinajstić information content (AvgIpc) is 3.48. The molecule has 2 aromatic heterocycles. The molecule has 146 valence electrons. The fraction of sp³-hybridized carbons (Fsp3) is 0.450. The van der Waals surface area contributed by atoms with E-state index in [0.29, 0.717) is 0 Å². The SMILES string of the molecule is O=C1C(=O)N(C2CCCC2)C(=O)N1C[NH+]1CCc2sccc2[C@@H]1c1cccs1. The third-order valence-electron chi connectivity index (χ3n) is 6.13. The number of hydrogen-bond donors (Lipinski definition) is 1. The summed E-state index contributed by atoms with van der Waals surface area (Å²) in [6.07, 6.45) is 4.57. The number of nitrogens with one attached hydrogen (secondary N) is 1. The number of hydrogen-bond acceptors (Lipinski definition) is 5. The van der Waals surface area contributed by atoms with E-state index in [1.54, 1.807) is 22.7 Å². The molecule has 2 aromatic rings. The minimum absolute atomic E-state index is 0.103. The van der Waals surface area contributed by atoms with Crippen molar-refractivity contribution in [1.82, 2.24) is 9.80 Å². The summed E-state index contributed by atoms with van der Waals surface area (Å²) in [6.45, 7) is 1.08. The van der Waals surface area contributed by atoms with E-state index in [2.05, 4.69) is 22.9 Å². The van der Waals surface area contributed by atoms with Gasteiger partial charge in [-0.15, -0.1) is 22.7 Å². The quantitative estimate of drug-likeness (QED) is 0.613. The monoisotopic (exact) mass is 416 g/mol. The lowest BCUT2D eigenvalue weighted by molar-refractivity contribution is -0.934. The summed E-state index contributed by atoms with van der Waals surface area (Å²) in [5.74, 6) is -1.30. The van der Waals surface area contributed by atoms with Gasteiger partial charge in [0.2, 0.25) is 0 Å². The minimum atomic E-state index is -0.662. The molecule has 5 rings (SSSR count). The molecule has 28 heavy (non-hydrogen) atoms. The van der Waals surface area contributed by atoms with Gasteiger partial charge in [-0.3, -0.25) is 14.5 Å². The lowest BCUT2D eigenvalue weighted by atomic mass is 9.99. The highest BCUT2D eigenvalue weighted by atomic mass is 32.1. The zero-order valence-electron chi connectivity index (χ0n) is 15.4. The van der Waals surface area contributed by atoms with Crippen molar-refractivity contribution in [2.45, 2.75) is 44.2 Å². The maximum atomic E-state index is 13.0. The lowest BCUT2D eigenvalue weighted by Gasteiger charge is -2.34. The minimum Gasteiger partial charge on any atom is -0.306 e. The number of nitrogens with zero attached hydrogens (tertiary/aromatic N) is 2. The molecule has 2 atom stereocenters. The van der Waals surface area contributed by atoms with Crippen LogP contribution in [0.25, 0.3) is 0 Å². The van der Waals surface area contributed by atoms with Crippen LogP contribution < -0.4 is 4.90 Å². The molecule has 0 aromatic carbocycles. The normalized spacial score (nSPS) is 25.8. The van der Waals surface area contributed by atoms with Gasteiger partial charge in [0.25, 0.3) is 0 Å². The molecule has 3 aliphatic rings. The first-order valence-electron chi connectivity index (χ1n) is 9.78. The number of quaternary nitrogens is 1. The van der Waals surface area contributed by atoms with Crippen molar-refractivity contribution in [3.8, 4) is 0 Å². The van der Waals surface area contributed by atoms with Gasteiger partial charge in [-0.2, -0.15) is 0 Å². The van der Waals surface area contributed by atoms with Gasteiger partial charge in [-0.05, 0) is 35.7 Å². The summed E-state index contributed by atoms with van der Waals surface area (Å²) in [5.41, 5.74) is 1.28. The smallest absolute Gasteiger partial charge is 0.306 e. The maximum Gasteiger partial charge on any atom is 0.338 e. The highest BCUT2D eigenvalue weighted by Gasteiger charge is 2.50. The summed E-state index contributed by atoms with van der Waals surface area (Å²) in [7, 11) is 0. The van der Waals surface area contributed by atoms with Crippen LogP contribution in [0.3, 0.4) is 0 Å². The summed E-state index contributed by atoms with van der Waals surface area (Å²) in [4.78, 5) is 44.3. The van der Waals surface area contributed by atoms with Gasteiger partial charge < -0.3 is 4.90 Å². The van der Waals surface area contributed by atoms with Crippen molar-refractivity contribution in [2.24, 2.45) is 0 Å². The van der Waals surface area contributed by atoms with Crippen molar-refractivity contribution in [3.05, 3.63) is 44.3 Å². The Labute approximate surface area is 171 Å². The largest absolute Gasteiger partial charge is 0.338 e. The van der Waals surface area contributed by atoms with Gasteiger partial charge in [0.1, 0.15) is 0 Å². The van der Waals surface area contributed by atoms with Gasteiger partial charge in [-0.1, -0.05) is 18.9 Å². The number of amides is 4. The van der Waals surface area contributed by atoms with Crippen LogP contribution in [0.15, 0.2) is 29.0 Å².